The fourth-order valence-corrected chi connectivity index (χ4v) is 1.69. The summed E-state index contributed by atoms with van der Waals surface area (Å²) >= 11 is 0. The van der Waals surface area contributed by atoms with Crippen LogP contribution in [0.4, 0.5) is 15.8 Å². The van der Waals surface area contributed by atoms with Crippen molar-refractivity contribution < 1.29 is 24.3 Å². The third-order valence-electron chi connectivity index (χ3n) is 2.58. The molecule has 0 aliphatic carbocycles. The van der Waals surface area contributed by atoms with Gasteiger partial charge < -0.3 is 15.1 Å². The molecule has 0 atom stereocenters. The van der Waals surface area contributed by atoms with Gasteiger partial charge in [-0.3, -0.25) is 10.1 Å². The number of rotatable bonds is 6. The standard InChI is InChI=1S/C11H13FN2O5/c1-2-13(3-4-15)10-5-7(11(16)17)9(14(18)19)6-8(10)12/h5-6,15H,2-4H2,1H3,(H,16,17). The van der Waals surface area contributed by atoms with Gasteiger partial charge in [0.25, 0.3) is 5.69 Å². The molecule has 0 heterocycles. The Hall–Kier alpha value is -2.22. The fourth-order valence-electron chi connectivity index (χ4n) is 1.69. The van der Waals surface area contributed by atoms with Crippen molar-refractivity contribution >= 4 is 17.3 Å². The maximum absolute atomic E-state index is 13.8. The molecule has 0 aliphatic rings. The van der Waals surface area contributed by atoms with Crippen LogP contribution in [0.5, 0.6) is 0 Å². The van der Waals surface area contributed by atoms with E-state index >= 15 is 0 Å². The van der Waals surface area contributed by atoms with Gasteiger partial charge in [0.15, 0.2) is 5.82 Å². The average Bonchev–Trinajstić information content (AvgIpc) is 2.35. The number of carboxylic acids is 1. The molecule has 0 saturated carbocycles. The smallest absolute Gasteiger partial charge is 0.342 e. The maximum Gasteiger partial charge on any atom is 0.342 e. The van der Waals surface area contributed by atoms with Crippen LogP contribution in [0, 0.1) is 15.9 Å². The number of hydrogen-bond acceptors (Lipinski definition) is 5. The topological polar surface area (TPSA) is 104 Å². The zero-order valence-corrected chi connectivity index (χ0v) is 10.2. The molecule has 19 heavy (non-hydrogen) atoms. The minimum Gasteiger partial charge on any atom is -0.477 e. The molecule has 1 rings (SSSR count). The summed E-state index contributed by atoms with van der Waals surface area (Å²) in [5.74, 6) is -2.40. The van der Waals surface area contributed by atoms with E-state index in [9.17, 15) is 19.3 Å². The normalized spacial score (nSPS) is 10.3. The van der Waals surface area contributed by atoms with E-state index in [2.05, 4.69) is 0 Å². The predicted molar refractivity (Wildman–Crippen MR) is 65.0 cm³/mol. The zero-order chi connectivity index (χ0) is 14.6. The van der Waals surface area contributed by atoms with Crippen LogP contribution in [-0.2, 0) is 0 Å². The van der Waals surface area contributed by atoms with Crippen molar-refractivity contribution in [3.63, 3.8) is 0 Å². The lowest BCUT2D eigenvalue weighted by Gasteiger charge is -2.22. The van der Waals surface area contributed by atoms with E-state index in [1.165, 1.54) is 4.90 Å². The van der Waals surface area contributed by atoms with Gasteiger partial charge in [0.05, 0.1) is 23.3 Å². The summed E-state index contributed by atoms with van der Waals surface area (Å²) in [6, 6.07) is 1.49. The molecular weight excluding hydrogens is 259 g/mol. The number of aromatic carboxylic acids is 1. The Balaban J connectivity index is 3.39. The summed E-state index contributed by atoms with van der Waals surface area (Å²) in [5, 5.41) is 28.4. The van der Waals surface area contributed by atoms with Crippen molar-refractivity contribution in [2.45, 2.75) is 6.92 Å². The van der Waals surface area contributed by atoms with Crippen LogP contribution >= 0.6 is 0 Å². The lowest BCUT2D eigenvalue weighted by Crippen LogP contribution is -2.27. The van der Waals surface area contributed by atoms with Crippen LogP contribution in [0.25, 0.3) is 0 Å². The molecule has 0 saturated heterocycles. The Labute approximate surface area is 108 Å². The molecule has 0 amide bonds. The molecule has 104 valence electrons. The molecule has 2 N–H and O–H groups in total. The molecule has 0 aliphatic heterocycles. The van der Waals surface area contributed by atoms with Crippen LogP contribution in [0.2, 0.25) is 0 Å². The van der Waals surface area contributed by atoms with Crippen molar-refractivity contribution in [3.05, 3.63) is 33.6 Å². The van der Waals surface area contributed by atoms with E-state index in [1.54, 1.807) is 6.92 Å². The Kier molecular flexibility index (Phi) is 4.76. The quantitative estimate of drug-likeness (QED) is 0.596. The zero-order valence-electron chi connectivity index (χ0n) is 10.2. The summed E-state index contributed by atoms with van der Waals surface area (Å²) in [7, 11) is 0. The molecule has 0 bridgehead atoms. The monoisotopic (exact) mass is 272 g/mol. The molecule has 8 heteroatoms. The average molecular weight is 272 g/mol. The van der Waals surface area contributed by atoms with E-state index in [1.807, 2.05) is 0 Å². The molecule has 1 aromatic rings. The highest BCUT2D eigenvalue weighted by atomic mass is 19.1. The first-order chi connectivity index (χ1) is 8.92. The number of nitro groups is 1. The van der Waals surface area contributed by atoms with Crippen molar-refractivity contribution in [3.8, 4) is 0 Å². The Bertz CT molecular complexity index is 506. The first-order valence-electron chi connectivity index (χ1n) is 5.49. The summed E-state index contributed by atoms with van der Waals surface area (Å²) < 4.78 is 13.8. The van der Waals surface area contributed by atoms with Crippen molar-refractivity contribution in [2.75, 3.05) is 24.6 Å². The second-order valence-electron chi connectivity index (χ2n) is 3.69. The van der Waals surface area contributed by atoms with Crippen molar-refractivity contribution in [2.24, 2.45) is 0 Å². The van der Waals surface area contributed by atoms with Gasteiger partial charge in [0.2, 0.25) is 0 Å². The molecule has 0 fully saturated rings. The highest BCUT2D eigenvalue weighted by molar-refractivity contribution is 5.93. The maximum atomic E-state index is 13.8. The van der Waals surface area contributed by atoms with Crippen molar-refractivity contribution in [1.82, 2.24) is 0 Å². The third-order valence-corrected chi connectivity index (χ3v) is 2.58. The van der Waals surface area contributed by atoms with Crippen LogP contribution in [0.3, 0.4) is 0 Å². The molecule has 7 nitrogen and oxygen atoms in total. The fraction of sp³-hybridized carbons (Fsp3) is 0.364. The summed E-state index contributed by atoms with van der Waals surface area (Å²) in [6.07, 6.45) is 0. The van der Waals surface area contributed by atoms with Crippen LogP contribution < -0.4 is 4.90 Å². The van der Waals surface area contributed by atoms with Gasteiger partial charge in [-0.15, -0.1) is 0 Å². The number of benzene rings is 1. The number of nitro benzene ring substituents is 1. The summed E-state index contributed by atoms with van der Waals surface area (Å²) in [4.78, 5) is 22.1. The number of likely N-dealkylation sites (N-methyl/N-ethyl adjacent to an activating group) is 1. The summed E-state index contributed by atoms with van der Waals surface area (Å²) in [6.45, 7) is 1.88. The first-order valence-corrected chi connectivity index (χ1v) is 5.49. The lowest BCUT2D eigenvalue weighted by atomic mass is 10.1. The molecule has 0 aromatic heterocycles. The van der Waals surface area contributed by atoms with Gasteiger partial charge in [-0.05, 0) is 13.0 Å². The highest BCUT2D eigenvalue weighted by Gasteiger charge is 2.24. The molecule has 0 radical (unpaired) electrons. The van der Waals surface area contributed by atoms with Crippen LogP contribution in [0.1, 0.15) is 17.3 Å². The molecular formula is C11H13FN2O5. The molecule has 0 unspecified atom stereocenters. The van der Waals surface area contributed by atoms with Gasteiger partial charge in [0, 0.05) is 13.1 Å². The first kappa shape index (κ1) is 14.8. The number of nitrogens with zero attached hydrogens (tertiary/aromatic N) is 2. The van der Waals surface area contributed by atoms with Gasteiger partial charge in [-0.1, -0.05) is 0 Å². The van der Waals surface area contributed by atoms with E-state index in [0.717, 1.165) is 6.07 Å². The number of anilines is 1. The minimum absolute atomic E-state index is 0.0837. The Morgan fingerprint density at radius 1 is 1.53 bits per heavy atom. The van der Waals surface area contributed by atoms with Gasteiger partial charge in [-0.2, -0.15) is 0 Å². The van der Waals surface area contributed by atoms with Gasteiger partial charge in [-0.25, -0.2) is 9.18 Å². The van der Waals surface area contributed by atoms with Gasteiger partial charge in [0.1, 0.15) is 5.56 Å². The van der Waals surface area contributed by atoms with Crippen LogP contribution in [0.15, 0.2) is 12.1 Å². The van der Waals surface area contributed by atoms with Gasteiger partial charge >= 0.3 is 5.97 Å². The van der Waals surface area contributed by atoms with Crippen LogP contribution in [-0.4, -0.2) is 40.8 Å². The number of aliphatic hydroxyl groups excluding tert-OH is 1. The predicted octanol–water partition coefficient (Wildman–Crippen LogP) is 1.25. The second-order valence-corrected chi connectivity index (χ2v) is 3.69. The minimum atomic E-state index is -1.51. The third kappa shape index (κ3) is 3.16. The number of carbonyl (C=O) groups is 1. The largest absolute Gasteiger partial charge is 0.477 e. The lowest BCUT2D eigenvalue weighted by molar-refractivity contribution is -0.385. The van der Waals surface area contributed by atoms with E-state index < -0.39 is 28.0 Å². The number of halogens is 1. The second kappa shape index (κ2) is 6.10. The van der Waals surface area contributed by atoms with Crippen molar-refractivity contribution in [1.29, 1.82) is 0 Å². The number of hydrogen-bond donors (Lipinski definition) is 2. The summed E-state index contributed by atoms with van der Waals surface area (Å²) in [5.41, 5.74) is -1.47. The number of carboxylic acid groups (broad SMARTS) is 1. The van der Waals surface area contributed by atoms with E-state index in [0.29, 0.717) is 12.6 Å². The van der Waals surface area contributed by atoms with E-state index in [4.69, 9.17) is 10.2 Å². The molecule has 1 aromatic carbocycles. The Morgan fingerprint density at radius 3 is 2.58 bits per heavy atom. The highest BCUT2D eigenvalue weighted by Crippen LogP contribution is 2.28. The van der Waals surface area contributed by atoms with E-state index in [-0.39, 0.29) is 18.8 Å². The molecule has 0 spiro atoms. The Morgan fingerprint density at radius 2 is 2.16 bits per heavy atom. The SMILES string of the molecule is CCN(CCO)c1cc(C(=O)O)c([N+](=O)[O-])cc1F. The number of aliphatic hydroxyl groups is 1.